The SMILES string of the molecule is CC#CC(CC(=O)O)c1ccc(OCc2ccc3scc(-c4cc(CS(=O)O)ccc4C)c3c2)cc1. The smallest absolute Gasteiger partial charge is 0.304 e. The highest BCUT2D eigenvalue weighted by Crippen LogP contribution is 2.37. The van der Waals surface area contributed by atoms with Crippen LogP contribution in [0.2, 0.25) is 0 Å². The van der Waals surface area contributed by atoms with Crippen LogP contribution in [0.4, 0.5) is 0 Å². The van der Waals surface area contributed by atoms with Crippen molar-refractivity contribution in [1.29, 1.82) is 0 Å². The van der Waals surface area contributed by atoms with Crippen LogP contribution in [0.5, 0.6) is 5.75 Å². The average Bonchev–Trinajstić information content (AvgIpc) is 3.26. The number of carbonyl (C=O) groups is 1. The molecule has 36 heavy (non-hydrogen) atoms. The molecule has 5 nitrogen and oxygen atoms in total. The number of benzene rings is 3. The fraction of sp³-hybridized carbons (Fsp3) is 0.207. The average molecular weight is 519 g/mol. The van der Waals surface area contributed by atoms with Gasteiger partial charge in [-0.1, -0.05) is 36.3 Å². The van der Waals surface area contributed by atoms with Gasteiger partial charge in [0.1, 0.15) is 12.4 Å². The van der Waals surface area contributed by atoms with Crippen molar-refractivity contribution < 1.29 is 23.4 Å². The first-order valence-electron chi connectivity index (χ1n) is 11.4. The Morgan fingerprint density at radius 1 is 1.06 bits per heavy atom. The van der Waals surface area contributed by atoms with Gasteiger partial charge in [-0.3, -0.25) is 4.79 Å². The predicted octanol–water partition coefficient (Wildman–Crippen LogP) is 6.76. The second kappa shape index (κ2) is 11.5. The van der Waals surface area contributed by atoms with Gasteiger partial charge in [0.25, 0.3) is 0 Å². The van der Waals surface area contributed by atoms with Crippen molar-refractivity contribution in [2.75, 3.05) is 0 Å². The second-order valence-corrected chi connectivity index (χ2v) is 10.3. The van der Waals surface area contributed by atoms with Gasteiger partial charge in [0, 0.05) is 15.6 Å². The molecule has 2 unspecified atom stereocenters. The quantitative estimate of drug-likeness (QED) is 0.189. The molecule has 0 radical (unpaired) electrons. The van der Waals surface area contributed by atoms with Gasteiger partial charge in [-0.05, 0) is 77.4 Å². The summed E-state index contributed by atoms with van der Waals surface area (Å²) in [5.41, 5.74) is 5.98. The molecular weight excluding hydrogens is 492 g/mol. The van der Waals surface area contributed by atoms with Crippen LogP contribution in [-0.2, 0) is 28.2 Å². The van der Waals surface area contributed by atoms with E-state index >= 15 is 0 Å². The normalized spacial score (nSPS) is 12.5. The van der Waals surface area contributed by atoms with Gasteiger partial charge >= 0.3 is 5.97 Å². The Kier molecular flexibility index (Phi) is 8.21. The predicted molar refractivity (Wildman–Crippen MR) is 146 cm³/mol. The molecule has 0 aliphatic heterocycles. The van der Waals surface area contributed by atoms with E-state index < -0.39 is 17.0 Å². The van der Waals surface area contributed by atoms with Crippen LogP contribution in [0.25, 0.3) is 21.2 Å². The van der Waals surface area contributed by atoms with Crippen molar-refractivity contribution in [2.24, 2.45) is 0 Å². The zero-order chi connectivity index (χ0) is 25.7. The molecule has 4 rings (SSSR count). The molecule has 0 spiro atoms. The number of thiophene rings is 1. The number of aryl methyl sites for hydroxylation is 1. The van der Waals surface area contributed by atoms with Gasteiger partial charge in [0.15, 0.2) is 11.1 Å². The molecule has 0 amide bonds. The van der Waals surface area contributed by atoms with Crippen molar-refractivity contribution in [3.63, 3.8) is 0 Å². The van der Waals surface area contributed by atoms with E-state index in [1.54, 1.807) is 18.3 Å². The lowest BCUT2D eigenvalue weighted by Crippen LogP contribution is -2.04. The summed E-state index contributed by atoms with van der Waals surface area (Å²) in [6.07, 6.45) is -0.0374. The van der Waals surface area contributed by atoms with Crippen LogP contribution in [0.1, 0.15) is 41.5 Å². The molecule has 3 aromatic carbocycles. The first-order valence-corrected chi connectivity index (χ1v) is 13.5. The van der Waals surface area contributed by atoms with E-state index in [1.165, 1.54) is 0 Å². The molecule has 7 heteroatoms. The van der Waals surface area contributed by atoms with Gasteiger partial charge in [-0.2, -0.15) is 0 Å². The maximum Gasteiger partial charge on any atom is 0.304 e. The second-order valence-electron chi connectivity index (χ2n) is 8.50. The first kappa shape index (κ1) is 25.6. The van der Waals surface area contributed by atoms with Gasteiger partial charge < -0.3 is 14.4 Å². The summed E-state index contributed by atoms with van der Waals surface area (Å²) in [5.74, 6) is 5.35. The summed E-state index contributed by atoms with van der Waals surface area (Å²) < 4.78 is 27.8. The Bertz CT molecular complexity index is 1480. The topological polar surface area (TPSA) is 83.8 Å². The van der Waals surface area contributed by atoms with Crippen LogP contribution < -0.4 is 4.74 Å². The van der Waals surface area contributed by atoms with Crippen molar-refractivity contribution in [3.05, 3.63) is 88.3 Å². The monoisotopic (exact) mass is 518 g/mol. The van der Waals surface area contributed by atoms with Crippen LogP contribution in [0, 0.1) is 18.8 Å². The third-order valence-electron chi connectivity index (χ3n) is 5.91. The zero-order valence-corrected chi connectivity index (χ0v) is 21.6. The maximum absolute atomic E-state index is 11.3. The largest absolute Gasteiger partial charge is 0.489 e. The molecule has 0 aliphatic carbocycles. The van der Waals surface area contributed by atoms with E-state index in [-0.39, 0.29) is 18.1 Å². The van der Waals surface area contributed by atoms with E-state index in [1.807, 2.05) is 49.4 Å². The number of ether oxygens (including phenoxy) is 1. The molecule has 0 saturated heterocycles. The number of hydrogen-bond acceptors (Lipinski definition) is 4. The highest BCUT2D eigenvalue weighted by molar-refractivity contribution is 7.78. The number of carboxylic acid groups (broad SMARTS) is 1. The summed E-state index contributed by atoms with van der Waals surface area (Å²) in [6, 6.07) is 19.6. The summed E-state index contributed by atoms with van der Waals surface area (Å²) >= 11 is -0.215. The van der Waals surface area contributed by atoms with Gasteiger partial charge in [0.2, 0.25) is 0 Å². The van der Waals surface area contributed by atoms with E-state index in [0.717, 1.165) is 43.5 Å². The number of rotatable bonds is 9. The summed E-state index contributed by atoms with van der Waals surface area (Å²) in [5, 5.41) is 12.4. The molecule has 2 N–H and O–H groups in total. The van der Waals surface area contributed by atoms with Crippen molar-refractivity contribution in [3.8, 4) is 28.7 Å². The highest BCUT2D eigenvalue weighted by Gasteiger charge is 2.14. The van der Waals surface area contributed by atoms with E-state index in [2.05, 4.69) is 35.4 Å². The lowest BCUT2D eigenvalue weighted by molar-refractivity contribution is -0.137. The Morgan fingerprint density at radius 3 is 2.50 bits per heavy atom. The Balaban J connectivity index is 1.53. The number of carboxylic acids is 1. The van der Waals surface area contributed by atoms with Crippen molar-refractivity contribution in [2.45, 2.75) is 38.5 Å². The lowest BCUT2D eigenvalue weighted by atomic mass is 9.96. The fourth-order valence-corrected chi connectivity index (χ4v) is 5.54. The van der Waals surface area contributed by atoms with Crippen molar-refractivity contribution >= 4 is 38.5 Å². The molecule has 2 atom stereocenters. The minimum Gasteiger partial charge on any atom is -0.489 e. The Morgan fingerprint density at radius 2 is 1.81 bits per heavy atom. The maximum atomic E-state index is 11.3. The lowest BCUT2D eigenvalue weighted by Gasteiger charge is -2.11. The van der Waals surface area contributed by atoms with Crippen LogP contribution in [-0.4, -0.2) is 19.8 Å². The van der Waals surface area contributed by atoms with E-state index in [0.29, 0.717) is 12.4 Å². The highest BCUT2D eigenvalue weighted by atomic mass is 32.2. The molecule has 0 aliphatic rings. The summed E-state index contributed by atoms with van der Waals surface area (Å²) in [4.78, 5) is 11.1. The fourth-order valence-electron chi connectivity index (χ4n) is 4.13. The van der Waals surface area contributed by atoms with Gasteiger partial charge in [-0.15, -0.1) is 17.3 Å². The molecule has 0 saturated carbocycles. The molecule has 0 bridgehead atoms. The number of aliphatic carboxylic acids is 1. The van der Waals surface area contributed by atoms with Crippen molar-refractivity contribution in [1.82, 2.24) is 0 Å². The molecule has 0 fully saturated rings. The number of fused-ring (bicyclic) bond motifs is 1. The standard InChI is InChI=1S/C29H26O5S2/c1-3-4-23(15-29(30)31)22-8-10-24(11-9-22)34-16-20-7-12-28-26(13-20)27(17-35-28)25-14-21(18-36(32)33)6-5-19(25)2/h5-14,17,23H,15-16,18H2,1-2H3,(H,30,31)(H,32,33). The Labute approximate surface area is 217 Å². The first-order chi connectivity index (χ1) is 17.3. The molecule has 1 aromatic heterocycles. The van der Waals surface area contributed by atoms with Crippen LogP contribution in [0.3, 0.4) is 0 Å². The summed E-state index contributed by atoms with van der Waals surface area (Å²) in [7, 11) is 0. The molecule has 1 heterocycles. The van der Waals surface area contributed by atoms with Crippen LogP contribution in [0.15, 0.2) is 66.0 Å². The molecule has 184 valence electrons. The zero-order valence-electron chi connectivity index (χ0n) is 20.0. The third kappa shape index (κ3) is 6.21. The minimum atomic E-state index is -1.88. The Hall–Kier alpha value is -3.44. The summed E-state index contributed by atoms with van der Waals surface area (Å²) in [6.45, 7) is 4.14. The number of hydrogen-bond donors (Lipinski definition) is 2. The molecule has 4 aromatic rings. The van der Waals surface area contributed by atoms with Gasteiger partial charge in [-0.25, -0.2) is 4.21 Å². The van der Waals surface area contributed by atoms with Crippen LogP contribution >= 0.6 is 11.3 Å². The van der Waals surface area contributed by atoms with E-state index in [4.69, 9.17) is 9.84 Å². The van der Waals surface area contributed by atoms with Gasteiger partial charge in [0.05, 0.1) is 18.1 Å². The third-order valence-corrected chi connectivity index (χ3v) is 7.45. The minimum absolute atomic E-state index is 0.0374. The molecular formula is C29H26O5S2. The van der Waals surface area contributed by atoms with E-state index in [9.17, 15) is 13.6 Å².